The molecule has 5 nitrogen and oxygen atoms in total. The zero-order valence-corrected chi connectivity index (χ0v) is 14.3. The van der Waals surface area contributed by atoms with Crippen LogP contribution in [0.2, 0.25) is 0 Å². The maximum atomic E-state index is 6.08. The Morgan fingerprint density at radius 1 is 1.27 bits per heavy atom. The highest BCUT2D eigenvalue weighted by molar-refractivity contribution is 9.10. The molecule has 2 aromatic rings. The topological polar surface area (TPSA) is 56.3 Å². The summed E-state index contributed by atoms with van der Waals surface area (Å²) in [5.74, 6) is 0.953. The molecule has 1 fully saturated rings. The lowest BCUT2D eigenvalue weighted by molar-refractivity contribution is 0.0164. The summed E-state index contributed by atoms with van der Waals surface area (Å²) in [6, 6.07) is 10.4. The van der Waals surface area contributed by atoms with Gasteiger partial charge in [0.05, 0.1) is 24.9 Å². The summed E-state index contributed by atoms with van der Waals surface area (Å²) in [4.78, 5) is 7.09. The van der Waals surface area contributed by atoms with Crippen LogP contribution >= 0.6 is 15.9 Å². The van der Waals surface area contributed by atoms with E-state index in [0.29, 0.717) is 6.54 Å². The van der Waals surface area contributed by atoms with Crippen LogP contribution in [0.15, 0.2) is 34.9 Å². The van der Waals surface area contributed by atoms with Gasteiger partial charge in [0.15, 0.2) is 0 Å². The number of nitrogens with two attached hydrogens (primary N) is 1. The van der Waals surface area contributed by atoms with E-state index in [1.54, 1.807) is 0 Å². The number of hydrogen-bond acceptors (Lipinski definition) is 4. The van der Waals surface area contributed by atoms with E-state index in [2.05, 4.69) is 44.6 Å². The van der Waals surface area contributed by atoms with Crippen molar-refractivity contribution in [3.63, 3.8) is 0 Å². The van der Waals surface area contributed by atoms with Gasteiger partial charge in [-0.25, -0.2) is 4.98 Å². The SMILES string of the molecule is Cn1c(-c2ccccc2)nc(Br)c1C(CN)N1CCOCC1. The van der Waals surface area contributed by atoms with Crippen LogP contribution in [0.25, 0.3) is 11.4 Å². The number of benzene rings is 1. The quantitative estimate of drug-likeness (QED) is 0.903. The van der Waals surface area contributed by atoms with Crippen LogP contribution in [0.4, 0.5) is 0 Å². The van der Waals surface area contributed by atoms with Gasteiger partial charge in [-0.05, 0) is 15.9 Å². The molecule has 22 heavy (non-hydrogen) atoms. The highest BCUT2D eigenvalue weighted by Gasteiger charge is 2.27. The summed E-state index contributed by atoms with van der Waals surface area (Å²) in [5.41, 5.74) is 8.31. The fourth-order valence-corrected chi connectivity index (χ4v) is 3.71. The number of morpholine rings is 1. The summed E-state index contributed by atoms with van der Waals surface area (Å²) in [6.45, 7) is 3.89. The molecule has 2 heterocycles. The van der Waals surface area contributed by atoms with Gasteiger partial charge in [-0.1, -0.05) is 30.3 Å². The molecule has 1 unspecified atom stereocenters. The van der Waals surface area contributed by atoms with Crippen molar-refractivity contribution in [2.45, 2.75) is 6.04 Å². The second kappa shape index (κ2) is 6.91. The van der Waals surface area contributed by atoms with E-state index in [1.807, 2.05) is 18.2 Å². The van der Waals surface area contributed by atoms with Gasteiger partial charge >= 0.3 is 0 Å². The molecule has 0 radical (unpaired) electrons. The molecule has 0 spiro atoms. The minimum absolute atomic E-state index is 0.147. The van der Waals surface area contributed by atoms with Crippen LogP contribution < -0.4 is 5.73 Å². The second-order valence-electron chi connectivity index (χ2n) is 5.44. The van der Waals surface area contributed by atoms with Crippen LogP contribution in [0.1, 0.15) is 11.7 Å². The number of rotatable bonds is 4. The van der Waals surface area contributed by atoms with Crippen molar-refractivity contribution in [3.05, 3.63) is 40.6 Å². The number of hydrogen-bond donors (Lipinski definition) is 1. The van der Waals surface area contributed by atoms with E-state index >= 15 is 0 Å². The largest absolute Gasteiger partial charge is 0.379 e. The molecule has 0 amide bonds. The van der Waals surface area contributed by atoms with Crippen LogP contribution in [0.3, 0.4) is 0 Å². The maximum Gasteiger partial charge on any atom is 0.141 e. The van der Waals surface area contributed by atoms with E-state index in [0.717, 1.165) is 48.0 Å². The highest BCUT2D eigenvalue weighted by atomic mass is 79.9. The van der Waals surface area contributed by atoms with Crippen molar-refractivity contribution in [1.82, 2.24) is 14.5 Å². The first-order valence-corrected chi connectivity index (χ1v) is 8.31. The summed E-state index contributed by atoms with van der Waals surface area (Å²) in [5, 5.41) is 0. The Bertz CT molecular complexity index is 623. The molecular formula is C16H21BrN4O. The van der Waals surface area contributed by atoms with Crippen molar-refractivity contribution in [2.24, 2.45) is 12.8 Å². The summed E-state index contributed by atoms with van der Waals surface area (Å²) < 4.78 is 8.46. The van der Waals surface area contributed by atoms with Crippen LogP contribution in [0.5, 0.6) is 0 Å². The second-order valence-corrected chi connectivity index (χ2v) is 6.19. The molecule has 1 aromatic heterocycles. The molecule has 2 N–H and O–H groups in total. The lowest BCUT2D eigenvalue weighted by Crippen LogP contribution is -2.42. The zero-order valence-electron chi connectivity index (χ0n) is 12.7. The Hall–Kier alpha value is -1.21. The van der Waals surface area contributed by atoms with Crippen molar-refractivity contribution in [3.8, 4) is 11.4 Å². The molecule has 118 valence electrons. The monoisotopic (exact) mass is 364 g/mol. The van der Waals surface area contributed by atoms with Gasteiger partial charge in [-0.15, -0.1) is 0 Å². The standard InChI is InChI=1S/C16H21BrN4O/c1-20-14(13(11-18)21-7-9-22-10-8-21)15(17)19-16(20)12-5-3-2-4-6-12/h2-6,13H,7-11,18H2,1H3. The van der Waals surface area contributed by atoms with Crippen LogP contribution in [0, 0.1) is 0 Å². The smallest absolute Gasteiger partial charge is 0.141 e. The number of aromatic nitrogens is 2. The third-order valence-corrected chi connectivity index (χ3v) is 4.74. The van der Waals surface area contributed by atoms with E-state index in [1.165, 1.54) is 0 Å². The molecule has 0 saturated carbocycles. The predicted molar refractivity (Wildman–Crippen MR) is 90.5 cm³/mol. The lowest BCUT2D eigenvalue weighted by atomic mass is 10.1. The van der Waals surface area contributed by atoms with Crippen LogP contribution in [-0.4, -0.2) is 47.3 Å². The van der Waals surface area contributed by atoms with E-state index < -0.39 is 0 Å². The normalized spacial score (nSPS) is 17.6. The number of imidazole rings is 1. The van der Waals surface area contributed by atoms with Gasteiger partial charge < -0.3 is 15.0 Å². The lowest BCUT2D eigenvalue weighted by Gasteiger charge is -2.34. The molecule has 1 aromatic carbocycles. The molecule has 0 aliphatic carbocycles. The Morgan fingerprint density at radius 2 is 1.95 bits per heavy atom. The fourth-order valence-electron chi connectivity index (χ4n) is 3.01. The third-order valence-electron chi connectivity index (χ3n) is 4.15. The van der Waals surface area contributed by atoms with Gasteiger partial charge in [0.25, 0.3) is 0 Å². The molecule has 1 saturated heterocycles. The number of nitrogens with zero attached hydrogens (tertiary/aromatic N) is 3. The van der Waals surface area contributed by atoms with Gasteiger partial charge in [0, 0.05) is 32.2 Å². The van der Waals surface area contributed by atoms with E-state index in [9.17, 15) is 0 Å². The van der Waals surface area contributed by atoms with Crippen molar-refractivity contribution >= 4 is 15.9 Å². The summed E-state index contributed by atoms with van der Waals surface area (Å²) in [7, 11) is 2.05. The summed E-state index contributed by atoms with van der Waals surface area (Å²) in [6.07, 6.45) is 0. The van der Waals surface area contributed by atoms with Crippen molar-refractivity contribution in [2.75, 3.05) is 32.8 Å². The van der Waals surface area contributed by atoms with Gasteiger partial charge in [0.2, 0.25) is 0 Å². The van der Waals surface area contributed by atoms with E-state index in [4.69, 9.17) is 15.5 Å². The van der Waals surface area contributed by atoms with E-state index in [-0.39, 0.29) is 6.04 Å². The molecule has 0 bridgehead atoms. The average molecular weight is 365 g/mol. The molecule has 6 heteroatoms. The maximum absolute atomic E-state index is 6.08. The first-order chi connectivity index (χ1) is 10.7. The Balaban J connectivity index is 1.97. The minimum Gasteiger partial charge on any atom is -0.379 e. The molecule has 1 aliphatic heterocycles. The zero-order chi connectivity index (χ0) is 15.5. The average Bonchev–Trinajstić information content (AvgIpc) is 2.86. The Kier molecular flexibility index (Phi) is 4.93. The van der Waals surface area contributed by atoms with Crippen molar-refractivity contribution < 1.29 is 4.74 Å². The van der Waals surface area contributed by atoms with Gasteiger partial charge in [0.1, 0.15) is 10.4 Å². The minimum atomic E-state index is 0.147. The molecular weight excluding hydrogens is 344 g/mol. The first kappa shape index (κ1) is 15.7. The first-order valence-electron chi connectivity index (χ1n) is 7.51. The molecule has 1 aliphatic rings. The van der Waals surface area contributed by atoms with Gasteiger partial charge in [-0.2, -0.15) is 0 Å². The van der Waals surface area contributed by atoms with Crippen LogP contribution in [-0.2, 0) is 11.8 Å². The fraction of sp³-hybridized carbons (Fsp3) is 0.438. The Labute approximate surface area is 139 Å². The third kappa shape index (κ3) is 2.96. The number of ether oxygens (including phenoxy) is 1. The van der Waals surface area contributed by atoms with Crippen molar-refractivity contribution in [1.29, 1.82) is 0 Å². The molecule has 1 atom stereocenters. The highest BCUT2D eigenvalue weighted by Crippen LogP contribution is 2.31. The summed E-state index contributed by atoms with van der Waals surface area (Å²) >= 11 is 3.63. The molecule has 3 rings (SSSR count). The predicted octanol–water partition coefficient (Wildman–Crippen LogP) is 2.18. The Morgan fingerprint density at radius 3 is 2.59 bits per heavy atom. The van der Waals surface area contributed by atoms with Gasteiger partial charge in [-0.3, -0.25) is 4.90 Å². The number of halogens is 1.